The van der Waals surface area contributed by atoms with Crippen LogP contribution in [-0.4, -0.2) is 19.0 Å². The molecule has 4 nitrogen and oxygen atoms in total. The number of hydrogen-bond acceptors (Lipinski definition) is 3. The molecule has 1 aromatic carbocycles. The summed E-state index contributed by atoms with van der Waals surface area (Å²) in [7, 11) is 0. The van der Waals surface area contributed by atoms with E-state index in [1.807, 2.05) is 0 Å². The standard InChI is InChI=1S/C10H14FN3O/c11-7-2-3-8(9(13)6-7)10(15)14-5-1-4-12/h2-3,6H,1,4-5,12-13H2,(H,14,15). The minimum Gasteiger partial charge on any atom is -0.398 e. The third-order valence-corrected chi connectivity index (χ3v) is 1.92. The largest absolute Gasteiger partial charge is 0.398 e. The van der Waals surface area contributed by atoms with Crippen LogP contribution < -0.4 is 16.8 Å². The number of carbonyl (C=O) groups excluding carboxylic acids is 1. The zero-order valence-electron chi connectivity index (χ0n) is 8.29. The van der Waals surface area contributed by atoms with Gasteiger partial charge in [0.05, 0.1) is 5.56 Å². The number of amides is 1. The number of nitrogen functional groups attached to an aromatic ring is 1. The summed E-state index contributed by atoms with van der Waals surface area (Å²) in [5.41, 5.74) is 11.2. The number of nitrogens with two attached hydrogens (primary N) is 2. The fourth-order valence-corrected chi connectivity index (χ4v) is 1.14. The van der Waals surface area contributed by atoms with Crippen molar-refractivity contribution in [2.75, 3.05) is 18.8 Å². The van der Waals surface area contributed by atoms with Gasteiger partial charge in [0.2, 0.25) is 0 Å². The quantitative estimate of drug-likeness (QED) is 0.500. The predicted molar refractivity (Wildman–Crippen MR) is 56.8 cm³/mol. The summed E-state index contributed by atoms with van der Waals surface area (Å²) in [6, 6.07) is 3.69. The van der Waals surface area contributed by atoms with Crippen LogP contribution >= 0.6 is 0 Å². The highest BCUT2D eigenvalue weighted by Crippen LogP contribution is 2.12. The number of carbonyl (C=O) groups is 1. The normalized spacial score (nSPS) is 10.0. The van der Waals surface area contributed by atoms with Crippen molar-refractivity contribution < 1.29 is 9.18 Å². The molecule has 0 bridgehead atoms. The molecule has 0 saturated heterocycles. The molecule has 0 heterocycles. The minimum absolute atomic E-state index is 0.139. The molecule has 5 heteroatoms. The first-order valence-electron chi connectivity index (χ1n) is 4.68. The second-order valence-corrected chi connectivity index (χ2v) is 3.13. The van der Waals surface area contributed by atoms with Crippen LogP contribution in [0.25, 0.3) is 0 Å². The van der Waals surface area contributed by atoms with Crippen molar-refractivity contribution in [3.8, 4) is 0 Å². The Morgan fingerprint density at radius 1 is 1.47 bits per heavy atom. The van der Waals surface area contributed by atoms with Gasteiger partial charge in [0.15, 0.2) is 0 Å². The van der Waals surface area contributed by atoms with E-state index in [4.69, 9.17) is 11.5 Å². The van der Waals surface area contributed by atoms with Gasteiger partial charge in [-0.25, -0.2) is 4.39 Å². The topological polar surface area (TPSA) is 81.1 Å². The number of rotatable bonds is 4. The summed E-state index contributed by atoms with van der Waals surface area (Å²) in [5, 5.41) is 2.64. The van der Waals surface area contributed by atoms with Crippen LogP contribution in [-0.2, 0) is 0 Å². The molecule has 1 aromatic rings. The van der Waals surface area contributed by atoms with E-state index >= 15 is 0 Å². The highest BCUT2D eigenvalue weighted by Gasteiger charge is 2.08. The molecule has 1 amide bonds. The molecule has 0 radical (unpaired) electrons. The first-order chi connectivity index (χ1) is 7.15. The van der Waals surface area contributed by atoms with Crippen molar-refractivity contribution in [2.24, 2.45) is 5.73 Å². The maximum atomic E-state index is 12.7. The zero-order chi connectivity index (χ0) is 11.3. The Morgan fingerprint density at radius 2 is 2.20 bits per heavy atom. The summed E-state index contributed by atoms with van der Waals surface area (Å²) < 4.78 is 12.7. The van der Waals surface area contributed by atoms with Crippen LogP contribution in [0.3, 0.4) is 0 Å². The molecular weight excluding hydrogens is 197 g/mol. The predicted octanol–water partition coefficient (Wildman–Crippen LogP) is 0.486. The number of halogens is 1. The Labute approximate surface area is 87.4 Å². The van der Waals surface area contributed by atoms with Gasteiger partial charge in [-0.2, -0.15) is 0 Å². The van der Waals surface area contributed by atoms with E-state index < -0.39 is 5.82 Å². The van der Waals surface area contributed by atoms with Gasteiger partial charge in [-0.1, -0.05) is 0 Å². The molecule has 5 N–H and O–H groups in total. The Morgan fingerprint density at radius 3 is 2.80 bits per heavy atom. The highest BCUT2D eigenvalue weighted by molar-refractivity contribution is 5.99. The zero-order valence-corrected chi connectivity index (χ0v) is 8.29. The molecule has 15 heavy (non-hydrogen) atoms. The van der Waals surface area contributed by atoms with Crippen molar-refractivity contribution in [1.82, 2.24) is 5.32 Å². The molecule has 82 valence electrons. The van der Waals surface area contributed by atoms with Crippen LogP contribution in [0.4, 0.5) is 10.1 Å². The van der Waals surface area contributed by atoms with E-state index in [9.17, 15) is 9.18 Å². The van der Waals surface area contributed by atoms with Gasteiger partial charge in [-0.05, 0) is 31.2 Å². The van der Waals surface area contributed by atoms with Gasteiger partial charge >= 0.3 is 0 Å². The Balaban J connectivity index is 2.65. The third kappa shape index (κ3) is 3.21. The smallest absolute Gasteiger partial charge is 0.253 e. The van der Waals surface area contributed by atoms with Crippen molar-refractivity contribution in [1.29, 1.82) is 0 Å². The molecule has 0 fully saturated rings. The molecule has 0 saturated carbocycles. The van der Waals surface area contributed by atoms with Gasteiger partial charge in [0.25, 0.3) is 5.91 Å². The van der Waals surface area contributed by atoms with Crippen LogP contribution in [0, 0.1) is 5.82 Å². The maximum Gasteiger partial charge on any atom is 0.253 e. The van der Waals surface area contributed by atoms with Crippen LogP contribution in [0.2, 0.25) is 0 Å². The number of benzene rings is 1. The molecule has 0 aliphatic carbocycles. The second-order valence-electron chi connectivity index (χ2n) is 3.13. The SMILES string of the molecule is NCCCNC(=O)c1ccc(F)cc1N. The van der Waals surface area contributed by atoms with Crippen molar-refractivity contribution in [2.45, 2.75) is 6.42 Å². The molecule has 1 rings (SSSR count). The van der Waals surface area contributed by atoms with Gasteiger partial charge in [0.1, 0.15) is 5.82 Å². The lowest BCUT2D eigenvalue weighted by Gasteiger charge is -2.06. The molecule has 0 unspecified atom stereocenters. The summed E-state index contributed by atoms with van der Waals surface area (Å²) in [6.45, 7) is 1.01. The molecule has 0 aliphatic heterocycles. The van der Waals surface area contributed by atoms with Crippen LogP contribution in [0.15, 0.2) is 18.2 Å². The highest BCUT2D eigenvalue weighted by atomic mass is 19.1. The number of hydrogen-bond donors (Lipinski definition) is 3. The van der Waals surface area contributed by atoms with Crippen molar-refractivity contribution in [3.05, 3.63) is 29.6 Å². The van der Waals surface area contributed by atoms with Crippen LogP contribution in [0.1, 0.15) is 16.8 Å². The lowest BCUT2D eigenvalue weighted by atomic mass is 10.1. The average molecular weight is 211 g/mol. The van der Waals surface area contributed by atoms with E-state index in [1.165, 1.54) is 12.1 Å². The fourth-order valence-electron chi connectivity index (χ4n) is 1.14. The third-order valence-electron chi connectivity index (χ3n) is 1.92. The second kappa shape index (κ2) is 5.31. The first-order valence-corrected chi connectivity index (χ1v) is 4.68. The van der Waals surface area contributed by atoms with E-state index in [1.54, 1.807) is 0 Å². The lowest BCUT2D eigenvalue weighted by Crippen LogP contribution is -2.26. The fraction of sp³-hybridized carbons (Fsp3) is 0.300. The molecule has 0 aromatic heterocycles. The number of nitrogens with one attached hydrogen (secondary N) is 1. The van der Waals surface area contributed by atoms with E-state index in [2.05, 4.69) is 5.32 Å². The van der Waals surface area contributed by atoms with Gasteiger partial charge < -0.3 is 16.8 Å². The molecule has 0 aliphatic rings. The van der Waals surface area contributed by atoms with Crippen molar-refractivity contribution in [3.63, 3.8) is 0 Å². The molecule has 0 spiro atoms. The van der Waals surface area contributed by atoms with E-state index in [0.717, 1.165) is 6.07 Å². The molecular formula is C10H14FN3O. The van der Waals surface area contributed by atoms with Gasteiger partial charge in [-0.15, -0.1) is 0 Å². The summed E-state index contributed by atoms with van der Waals surface area (Å²) in [4.78, 5) is 11.5. The Bertz CT molecular complexity index is 355. The van der Waals surface area contributed by atoms with E-state index in [0.29, 0.717) is 19.5 Å². The summed E-state index contributed by atoms with van der Waals surface area (Å²) in [6.07, 6.45) is 0.701. The Hall–Kier alpha value is -1.62. The monoisotopic (exact) mass is 211 g/mol. The summed E-state index contributed by atoms with van der Waals surface area (Å²) in [5.74, 6) is -0.757. The lowest BCUT2D eigenvalue weighted by molar-refractivity contribution is 0.0954. The minimum atomic E-state index is -0.453. The maximum absolute atomic E-state index is 12.7. The number of anilines is 1. The van der Waals surface area contributed by atoms with Gasteiger partial charge in [0, 0.05) is 12.2 Å². The average Bonchev–Trinajstić information content (AvgIpc) is 2.17. The first kappa shape index (κ1) is 11.5. The molecule has 0 atom stereocenters. The van der Waals surface area contributed by atoms with E-state index in [-0.39, 0.29) is 17.2 Å². The summed E-state index contributed by atoms with van der Waals surface area (Å²) >= 11 is 0. The Kier molecular flexibility index (Phi) is 4.05. The van der Waals surface area contributed by atoms with Crippen LogP contribution in [0.5, 0.6) is 0 Å². The van der Waals surface area contributed by atoms with Crippen molar-refractivity contribution >= 4 is 11.6 Å². The van der Waals surface area contributed by atoms with Gasteiger partial charge in [-0.3, -0.25) is 4.79 Å².